The van der Waals surface area contributed by atoms with Gasteiger partial charge in [0.15, 0.2) is 0 Å². The molecule has 0 radical (unpaired) electrons. The summed E-state index contributed by atoms with van der Waals surface area (Å²) in [5, 5.41) is 3.75. The summed E-state index contributed by atoms with van der Waals surface area (Å²) >= 11 is 5.93. The van der Waals surface area contributed by atoms with Crippen molar-refractivity contribution in [3.05, 3.63) is 28.8 Å². The Labute approximate surface area is 112 Å². The third kappa shape index (κ3) is 4.20. The number of nitrogens with one attached hydrogen (secondary N) is 1. The van der Waals surface area contributed by atoms with Crippen LogP contribution in [0.2, 0.25) is 5.02 Å². The highest BCUT2D eigenvalue weighted by Crippen LogP contribution is 2.22. The van der Waals surface area contributed by atoms with Gasteiger partial charge in [-0.2, -0.15) is 0 Å². The summed E-state index contributed by atoms with van der Waals surface area (Å²) < 4.78 is 10.0. The van der Waals surface area contributed by atoms with Gasteiger partial charge in [0.1, 0.15) is 0 Å². The smallest absolute Gasteiger partial charge is 0.339 e. The molecule has 1 aromatic rings. The van der Waals surface area contributed by atoms with Crippen molar-refractivity contribution in [2.24, 2.45) is 0 Å². The van der Waals surface area contributed by atoms with Crippen molar-refractivity contribution in [3.8, 4) is 0 Å². The van der Waals surface area contributed by atoms with E-state index in [1.54, 1.807) is 18.2 Å². The van der Waals surface area contributed by atoms with Crippen LogP contribution < -0.4 is 5.32 Å². The van der Waals surface area contributed by atoms with Crippen molar-refractivity contribution in [1.82, 2.24) is 0 Å². The molecule has 0 spiro atoms. The summed E-state index contributed by atoms with van der Waals surface area (Å²) in [6.07, 6.45) is 0. The number of hydrogen-bond donors (Lipinski definition) is 1. The number of carbonyl (C=O) groups excluding carboxylic acids is 1. The molecule has 0 fully saturated rings. The average molecular weight is 272 g/mol. The molecule has 18 heavy (non-hydrogen) atoms. The van der Waals surface area contributed by atoms with Gasteiger partial charge in [-0.15, -0.1) is 0 Å². The first-order valence-electron chi connectivity index (χ1n) is 5.80. The molecule has 1 atom stereocenters. The van der Waals surface area contributed by atoms with Crippen LogP contribution in [0.4, 0.5) is 5.69 Å². The van der Waals surface area contributed by atoms with Gasteiger partial charge < -0.3 is 14.8 Å². The van der Waals surface area contributed by atoms with E-state index in [0.717, 1.165) is 0 Å². The summed E-state index contributed by atoms with van der Waals surface area (Å²) in [5.41, 5.74) is 1.12. The fraction of sp³-hybridized carbons (Fsp3) is 0.462. The largest absolute Gasteiger partial charge is 0.465 e. The topological polar surface area (TPSA) is 47.6 Å². The number of esters is 1. The quantitative estimate of drug-likeness (QED) is 0.808. The van der Waals surface area contributed by atoms with Crippen molar-refractivity contribution in [1.29, 1.82) is 0 Å². The normalized spacial score (nSPS) is 12.0. The molecule has 0 bridgehead atoms. The molecule has 0 amide bonds. The molecule has 1 aromatic carbocycles. The number of anilines is 1. The van der Waals surface area contributed by atoms with Crippen LogP contribution >= 0.6 is 11.6 Å². The SMILES string of the molecule is CCOCC(C)Nc1cc(Cl)ccc1C(=O)OC. The third-order valence-electron chi connectivity index (χ3n) is 2.36. The van der Waals surface area contributed by atoms with Crippen molar-refractivity contribution in [3.63, 3.8) is 0 Å². The number of hydrogen-bond acceptors (Lipinski definition) is 4. The lowest BCUT2D eigenvalue weighted by atomic mass is 10.1. The first-order valence-corrected chi connectivity index (χ1v) is 6.18. The molecule has 0 heterocycles. The number of ether oxygens (including phenoxy) is 2. The second kappa shape index (κ2) is 7.24. The van der Waals surface area contributed by atoms with Crippen LogP contribution in [-0.4, -0.2) is 32.3 Å². The van der Waals surface area contributed by atoms with E-state index in [-0.39, 0.29) is 6.04 Å². The molecule has 0 aromatic heterocycles. The van der Waals surface area contributed by atoms with Gasteiger partial charge in [-0.1, -0.05) is 11.6 Å². The average Bonchev–Trinajstić information content (AvgIpc) is 2.35. The lowest BCUT2D eigenvalue weighted by molar-refractivity contribution is 0.0601. The number of rotatable bonds is 6. The van der Waals surface area contributed by atoms with Crippen LogP contribution in [0.25, 0.3) is 0 Å². The molecular formula is C13H18ClNO3. The van der Waals surface area contributed by atoms with Crippen LogP contribution in [0.15, 0.2) is 18.2 Å². The van der Waals surface area contributed by atoms with E-state index in [1.807, 2.05) is 13.8 Å². The predicted molar refractivity (Wildman–Crippen MR) is 72.4 cm³/mol. The fourth-order valence-electron chi connectivity index (χ4n) is 1.53. The summed E-state index contributed by atoms with van der Waals surface area (Å²) in [6.45, 7) is 5.12. The van der Waals surface area contributed by atoms with Gasteiger partial charge in [-0.05, 0) is 32.0 Å². The Balaban J connectivity index is 2.85. The van der Waals surface area contributed by atoms with E-state index < -0.39 is 5.97 Å². The van der Waals surface area contributed by atoms with Crippen LogP contribution in [-0.2, 0) is 9.47 Å². The number of halogens is 1. The van der Waals surface area contributed by atoms with Gasteiger partial charge >= 0.3 is 5.97 Å². The maximum Gasteiger partial charge on any atom is 0.339 e. The zero-order valence-corrected chi connectivity index (χ0v) is 11.6. The molecule has 5 heteroatoms. The molecule has 1 unspecified atom stereocenters. The Morgan fingerprint density at radius 3 is 2.83 bits per heavy atom. The first-order chi connectivity index (χ1) is 8.58. The van der Waals surface area contributed by atoms with Gasteiger partial charge in [-0.25, -0.2) is 4.79 Å². The molecule has 100 valence electrons. The van der Waals surface area contributed by atoms with E-state index in [2.05, 4.69) is 5.32 Å². The van der Waals surface area contributed by atoms with E-state index >= 15 is 0 Å². The zero-order chi connectivity index (χ0) is 13.5. The molecule has 0 aliphatic carbocycles. The number of carbonyl (C=O) groups is 1. The van der Waals surface area contributed by atoms with Crippen molar-refractivity contribution in [2.45, 2.75) is 19.9 Å². The first kappa shape index (κ1) is 14.8. The van der Waals surface area contributed by atoms with Crippen LogP contribution in [0.3, 0.4) is 0 Å². The standard InChI is InChI=1S/C13H18ClNO3/c1-4-18-8-9(2)15-12-7-10(14)5-6-11(12)13(16)17-3/h5-7,9,15H,4,8H2,1-3H3. The van der Waals surface area contributed by atoms with Gasteiger partial charge in [0.25, 0.3) is 0 Å². The lowest BCUT2D eigenvalue weighted by Crippen LogP contribution is -2.23. The minimum Gasteiger partial charge on any atom is -0.465 e. The van der Waals surface area contributed by atoms with E-state index in [1.165, 1.54) is 7.11 Å². The van der Waals surface area contributed by atoms with Gasteiger partial charge in [0, 0.05) is 17.7 Å². The summed E-state index contributed by atoms with van der Waals surface area (Å²) in [5.74, 6) is -0.391. The minimum absolute atomic E-state index is 0.0758. The monoisotopic (exact) mass is 271 g/mol. The molecule has 1 N–H and O–H groups in total. The van der Waals surface area contributed by atoms with Gasteiger partial charge in [0.2, 0.25) is 0 Å². The Morgan fingerprint density at radius 2 is 2.22 bits per heavy atom. The summed E-state index contributed by atoms with van der Waals surface area (Å²) in [6, 6.07) is 5.08. The maximum atomic E-state index is 11.6. The third-order valence-corrected chi connectivity index (χ3v) is 2.60. The van der Waals surface area contributed by atoms with E-state index in [4.69, 9.17) is 21.1 Å². The Bertz CT molecular complexity index is 409. The Kier molecular flexibility index (Phi) is 5.95. The van der Waals surface area contributed by atoms with Crippen LogP contribution in [0, 0.1) is 0 Å². The second-order valence-electron chi connectivity index (χ2n) is 3.89. The van der Waals surface area contributed by atoms with E-state index in [0.29, 0.717) is 29.5 Å². The second-order valence-corrected chi connectivity index (χ2v) is 4.32. The summed E-state index contributed by atoms with van der Waals surface area (Å²) in [4.78, 5) is 11.6. The molecule has 0 aliphatic rings. The lowest BCUT2D eigenvalue weighted by Gasteiger charge is -2.17. The van der Waals surface area contributed by atoms with Gasteiger partial charge in [-0.3, -0.25) is 0 Å². The molecular weight excluding hydrogens is 254 g/mol. The van der Waals surface area contributed by atoms with Crippen molar-refractivity contribution in [2.75, 3.05) is 25.6 Å². The molecule has 0 saturated carbocycles. The van der Waals surface area contributed by atoms with Crippen molar-refractivity contribution >= 4 is 23.3 Å². The number of benzene rings is 1. The molecule has 1 rings (SSSR count). The van der Waals surface area contributed by atoms with Crippen LogP contribution in [0.5, 0.6) is 0 Å². The minimum atomic E-state index is -0.391. The van der Waals surface area contributed by atoms with E-state index in [9.17, 15) is 4.79 Å². The van der Waals surface area contributed by atoms with Crippen molar-refractivity contribution < 1.29 is 14.3 Å². The Hall–Kier alpha value is -1.26. The fourth-order valence-corrected chi connectivity index (χ4v) is 1.70. The maximum absolute atomic E-state index is 11.6. The van der Waals surface area contributed by atoms with Gasteiger partial charge in [0.05, 0.1) is 25.0 Å². The molecule has 0 saturated heterocycles. The molecule has 0 aliphatic heterocycles. The highest BCUT2D eigenvalue weighted by atomic mass is 35.5. The molecule has 4 nitrogen and oxygen atoms in total. The highest BCUT2D eigenvalue weighted by molar-refractivity contribution is 6.31. The highest BCUT2D eigenvalue weighted by Gasteiger charge is 2.13. The number of methoxy groups -OCH3 is 1. The predicted octanol–water partition coefficient (Wildman–Crippen LogP) is 2.96. The van der Waals surface area contributed by atoms with Crippen LogP contribution in [0.1, 0.15) is 24.2 Å². The Morgan fingerprint density at radius 1 is 1.50 bits per heavy atom. The zero-order valence-electron chi connectivity index (χ0n) is 10.8. The summed E-state index contributed by atoms with van der Waals surface area (Å²) in [7, 11) is 1.35.